The first-order chi connectivity index (χ1) is 9.13. The van der Waals surface area contributed by atoms with Crippen molar-refractivity contribution in [3.63, 3.8) is 0 Å². The molecule has 8 heteroatoms. The molecule has 0 aliphatic carbocycles. The summed E-state index contributed by atoms with van der Waals surface area (Å²) in [6.07, 6.45) is -0.0444. The number of carboxylic acids is 1. The molecule has 2 aromatic rings. The average Bonchev–Trinajstić information content (AvgIpc) is 2.83. The molecule has 0 aliphatic rings. The summed E-state index contributed by atoms with van der Waals surface area (Å²) in [6, 6.07) is 6.14. The van der Waals surface area contributed by atoms with Crippen LogP contribution in [0, 0.1) is 0 Å². The summed E-state index contributed by atoms with van der Waals surface area (Å²) < 4.78 is 0. The van der Waals surface area contributed by atoms with Gasteiger partial charge in [0.15, 0.2) is 0 Å². The van der Waals surface area contributed by atoms with Gasteiger partial charge in [0, 0.05) is 5.69 Å². The van der Waals surface area contributed by atoms with E-state index in [2.05, 4.69) is 20.8 Å². The molecule has 0 spiro atoms. The molecule has 98 valence electrons. The van der Waals surface area contributed by atoms with Gasteiger partial charge in [-0.1, -0.05) is 23.5 Å². The molecule has 0 bridgehead atoms. The number of urea groups is 1. The Hall–Kier alpha value is -2.48. The topological polar surface area (TPSA) is 104 Å². The Morgan fingerprint density at radius 3 is 2.53 bits per heavy atom. The third kappa shape index (κ3) is 4.03. The second-order valence-electron chi connectivity index (χ2n) is 3.59. The molecule has 0 aliphatic heterocycles. The van der Waals surface area contributed by atoms with E-state index in [1.54, 1.807) is 24.3 Å². The van der Waals surface area contributed by atoms with Gasteiger partial charge in [-0.25, -0.2) is 4.79 Å². The lowest BCUT2D eigenvalue weighted by atomic mass is 10.1. The minimum atomic E-state index is -0.894. The van der Waals surface area contributed by atoms with Gasteiger partial charge in [0.05, 0.1) is 6.42 Å². The number of amides is 2. The Morgan fingerprint density at radius 2 is 1.95 bits per heavy atom. The molecule has 2 amide bonds. The maximum Gasteiger partial charge on any atom is 0.325 e. The van der Waals surface area contributed by atoms with Crippen molar-refractivity contribution in [3.8, 4) is 0 Å². The summed E-state index contributed by atoms with van der Waals surface area (Å²) in [4.78, 5) is 22.1. The van der Waals surface area contributed by atoms with Crippen molar-refractivity contribution in [3.05, 3.63) is 35.3 Å². The summed E-state index contributed by atoms with van der Waals surface area (Å²) in [5, 5.41) is 21.4. The van der Waals surface area contributed by atoms with Gasteiger partial charge in [0.25, 0.3) is 0 Å². The highest BCUT2D eigenvalue weighted by Gasteiger charge is 2.05. The highest BCUT2D eigenvalue weighted by molar-refractivity contribution is 7.13. The molecule has 2 rings (SSSR count). The standard InChI is InChI=1S/C11H10N4O3S/c16-9(17)5-7-1-3-8(4-2-7)13-10(18)14-11-15-12-6-19-11/h1-4,6H,5H2,(H,16,17)(H2,13,14,15,18). The highest BCUT2D eigenvalue weighted by atomic mass is 32.1. The number of hydrogen-bond acceptors (Lipinski definition) is 5. The zero-order valence-corrected chi connectivity index (χ0v) is 10.5. The van der Waals surface area contributed by atoms with Crippen LogP contribution < -0.4 is 10.6 Å². The number of rotatable bonds is 4. The van der Waals surface area contributed by atoms with Gasteiger partial charge >= 0.3 is 12.0 Å². The predicted octanol–water partition coefficient (Wildman–Crippen LogP) is 1.81. The maximum atomic E-state index is 11.6. The highest BCUT2D eigenvalue weighted by Crippen LogP contribution is 2.12. The quantitative estimate of drug-likeness (QED) is 0.791. The van der Waals surface area contributed by atoms with Crippen molar-refractivity contribution in [2.45, 2.75) is 6.42 Å². The van der Waals surface area contributed by atoms with E-state index < -0.39 is 12.0 Å². The van der Waals surface area contributed by atoms with E-state index in [1.165, 1.54) is 16.8 Å². The minimum Gasteiger partial charge on any atom is -0.481 e. The van der Waals surface area contributed by atoms with Gasteiger partial charge in [0.1, 0.15) is 5.51 Å². The molecule has 0 atom stereocenters. The van der Waals surface area contributed by atoms with Crippen LogP contribution in [0.4, 0.5) is 15.6 Å². The Morgan fingerprint density at radius 1 is 1.21 bits per heavy atom. The van der Waals surface area contributed by atoms with Crippen molar-refractivity contribution in [2.24, 2.45) is 0 Å². The smallest absolute Gasteiger partial charge is 0.325 e. The normalized spacial score (nSPS) is 9.89. The van der Waals surface area contributed by atoms with Crippen molar-refractivity contribution in [1.29, 1.82) is 0 Å². The molecule has 7 nitrogen and oxygen atoms in total. The van der Waals surface area contributed by atoms with Crippen LogP contribution in [0.1, 0.15) is 5.56 Å². The number of carbonyl (C=O) groups excluding carboxylic acids is 1. The molecule has 19 heavy (non-hydrogen) atoms. The maximum absolute atomic E-state index is 11.6. The van der Waals surface area contributed by atoms with Gasteiger partial charge in [-0.15, -0.1) is 10.2 Å². The molecule has 1 aromatic heterocycles. The summed E-state index contributed by atoms with van der Waals surface area (Å²) in [7, 11) is 0. The molecule has 1 aromatic carbocycles. The van der Waals surface area contributed by atoms with E-state index in [4.69, 9.17) is 5.11 Å². The fraction of sp³-hybridized carbons (Fsp3) is 0.0909. The lowest BCUT2D eigenvalue weighted by Crippen LogP contribution is -2.19. The van der Waals surface area contributed by atoms with Gasteiger partial charge in [-0.3, -0.25) is 10.1 Å². The molecule has 3 N–H and O–H groups in total. The van der Waals surface area contributed by atoms with Crippen molar-refractivity contribution >= 4 is 34.2 Å². The number of hydrogen-bond donors (Lipinski definition) is 3. The van der Waals surface area contributed by atoms with Crippen LogP contribution in [0.15, 0.2) is 29.8 Å². The first kappa shape index (κ1) is 13.0. The van der Waals surface area contributed by atoms with Gasteiger partial charge in [-0.05, 0) is 17.7 Å². The van der Waals surface area contributed by atoms with Crippen LogP contribution in [0.25, 0.3) is 0 Å². The molecule has 0 saturated carbocycles. The molecule has 0 radical (unpaired) electrons. The van der Waals surface area contributed by atoms with Crippen LogP contribution in [0.2, 0.25) is 0 Å². The second-order valence-corrected chi connectivity index (χ2v) is 4.42. The second kappa shape index (κ2) is 5.91. The van der Waals surface area contributed by atoms with E-state index in [-0.39, 0.29) is 6.42 Å². The molecule has 1 heterocycles. The van der Waals surface area contributed by atoms with Crippen LogP contribution in [0.5, 0.6) is 0 Å². The van der Waals surface area contributed by atoms with E-state index in [0.717, 1.165) is 0 Å². The number of nitrogens with zero attached hydrogens (tertiary/aromatic N) is 2. The summed E-state index contributed by atoms with van der Waals surface area (Å²) in [5.74, 6) is -0.894. The largest absolute Gasteiger partial charge is 0.481 e. The Balaban J connectivity index is 1.92. The Bertz CT molecular complexity index is 568. The first-order valence-corrected chi connectivity index (χ1v) is 6.16. The Kier molecular flexibility index (Phi) is 4.04. The van der Waals surface area contributed by atoms with Crippen LogP contribution in [-0.4, -0.2) is 27.3 Å². The molecule has 0 fully saturated rings. The monoisotopic (exact) mass is 278 g/mol. The fourth-order valence-electron chi connectivity index (χ4n) is 1.37. The number of nitrogens with one attached hydrogen (secondary N) is 2. The van der Waals surface area contributed by atoms with Crippen molar-refractivity contribution in [1.82, 2.24) is 10.2 Å². The minimum absolute atomic E-state index is 0.0444. The van der Waals surface area contributed by atoms with E-state index >= 15 is 0 Å². The average molecular weight is 278 g/mol. The van der Waals surface area contributed by atoms with E-state index in [9.17, 15) is 9.59 Å². The number of aromatic nitrogens is 2. The molecule has 0 unspecified atom stereocenters. The van der Waals surface area contributed by atoms with E-state index in [1.807, 2.05) is 0 Å². The summed E-state index contributed by atoms with van der Waals surface area (Å²) in [5.41, 5.74) is 2.75. The Labute approximate surface area is 112 Å². The lowest BCUT2D eigenvalue weighted by molar-refractivity contribution is -0.136. The number of carbonyl (C=O) groups is 2. The van der Waals surface area contributed by atoms with Gasteiger partial charge in [0.2, 0.25) is 5.13 Å². The number of anilines is 2. The number of carboxylic acid groups (broad SMARTS) is 1. The molecular weight excluding hydrogens is 268 g/mol. The SMILES string of the molecule is O=C(O)Cc1ccc(NC(=O)Nc2nncs2)cc1. The summed E-state index contributed by atoms with van der Waals surface area (Å²) in [6.45, 7) is 0. The fourth-order valence-corrected chi connectivity index (χ4v) is 1.81. The third-order valence-electron chi connectivity index (χ3n) is 2.15. The van der Waals surface area contributed by atoms with Crippen molar-refractivity contribution < 1.29 is 14.7 Å². The van der Waals surface area contributed by atoms with Crippen molar-refractivity contribution in [2.75, 3.05) is 10.6 Å². The molecule has 0 saturated heterocycles. The van der Waals surface area contributed by atoms with Crippen LogP contribution in [0.3, 0.4) is 0 Å². The number of aliphatic carboxylic acids is 1. The summed E-state index contributed by atoms with van der Waals surface area (Å²) >= 11 is 1.21. The first-order valence-electron chi connectivity index (χ1n) is 5.28. The molecular formula is C11H10N4O3S. The van der Waals surface area contributed by atoms with E-state index in [0.29, 0.717) is 16.4 Å². The van der Waals surface area contributed by atoms with Crippen LogP contribution >= 0.6 is 11.3 Å². The zero-order valence-electron chi connectivity index (χ0n) is 9.66. The van der Waals surface area contributed by atoms with Gasteiger partial charge in [-0.2, -0.15) is 0 Å². The lowest BCUT2D eigenvalue weighted by Gasteiger charge is -2.05. The zero-order chi connectivity index (χ0) is 13.7. The van der Waals surface area contributed by atoms with Gasteiger partial charge < -0.3 is 10.4 Å². The number of benzene rings is 1. The van der Waals surface area contributed by atoms with Crippen LogP contribution in [-0.2, 0) is 11.2 Å². The third-order valence-corrected chi connectivity index (χ3v) is 2.75. The predicted molar refractivity (Wildman–Crippen MR) is 70.3 cm³/mol.